The van der Waals surface area contributed by atoms with Crippen LogP contribution in [0.4, 0.5) is 5.69 Å². The average Bonchev–Trinajstić information content (AvgIpc) is 2.06. The summed E-state index contributed by atoms with van der Waals surface area (Å²) in [5, 5.41) is 0. The molecule has 0 amide bonds. The molecule has 0 radical (unpaired) electrons. The van der Waals surface area contributed by atoms with Crippen molar-refractivity contribution in [1.82, 2.24) is 0 Å². The van der Waals surface area contributed by atoms with E-state index in [9.17, 15) is 0 Å². The molecule has 0 saturated carbocycles. The number of nitrogens with two attached hydrogens (primary N) is 2. The number of benzene rings is 1. The lowest BCUT2D eigenvalue weighted by molar-refractivity contribution is 1.07. The van der Waals surface area contributed by atoms with E-state index in [0.29, 0.717) is 6.54 Å². The zero-order chi connectivity index (χ0) is 9.56. The van der Waals surface area contributed by atoms with E-state index in [1.54, 1.807) is 0 Å². The minimum absolute atomic E-state index is 0.561. The van der Waals surface area contributed by atoms with E-state index in [-0.39, 0.29) is 0 Å². The summed E-state index contributed by atoms with van der Waals surface area (Å²) in [7, 11) is 0. The summed E-state index contributed by atoms with van der Waals surface area (Å²) in [6, 6.07) is 5.86. The highest BCUT2D eigenvalue weighted by molar-refractivity contribution is 5.44. The molecular formula is C10H18N2. The Balaban J connectivity index is 0.000000561. The first-order valence-corrected chi connectivity index (χ1v) is 4.28. The molecule has 0 bridgehead atoms. The molecule has 0 aromatic heterocycles. The van der Waals surface area contributed by atoms with Gasteiger partial charge in [0.2, 0.25) is 0 Å². The van der Waals surface area contributed by atoms with E-state index in [1.165, 1.54) is 5.56 Å². The minimum Gasteiger partial charge on any atom is -0.399 e. The maximum Gasteiger partial charge on any atom is 0.0319 e. The van der Waals surface area contributed by atoms with Crippen molar-refractivity contribution in [3.8, 4) is 0 Å². The quantitative estimate of drug-likeness (QED) is 0.627. The van der Waals surface area contributed by atoms with Crippen LogP contribution in [-0.2, 0) is 6.54 Å². The Hall–Kier alpha value is -1.02. The van der Waals surface area contributed by atoms with Gasteiger partial charge in [-0.25, -0.2) is 0 Å². The molecule has 0 fully saturated rings. The first-order valence-electron chi connectivity index (χ1n) is 4.28. The maximum atomic E-state index is 5.58. The highest BCUT2D eigenvalue weighted by atomic mass is 14.6. The summed E-state index contributed by atoms with van der Waals surface area (Å²) in [5.74, 6) is 0. The van der Waals surface area contributed by atoms with Crippen molar-refractivity contribution in [3.05, 3.63) is 29.3 Å². The Morgan fingerprint density at radius 3 is 2.17 bits per heavy atom. The van der Waals surface area contributed by atoms with Gasteiger partial charge >= 0.3 is 0 Å². The number of nitrogen functional groups attached to an aromatic ring is 1. The molecule has 12 heavy (non-hydrogen) atoms. The summed E-state index contributed by atoms with van der Waals surface area (Å²) in [5.41, 5.74) is 14.1. The Bertz CT molecular complexity index is 211. The van der Waals surface area contributed by atoms with Crippen LogP contribution in [0, 0.1) is 6.92 Å². The predicted octanol–water partition coefficient (Wildman–Crippen LogP) is 2.06. The summed E-state index contributed by atoms with van der Waals surface area (Å²) in [4.78, 5) is 0. The molecule has 4 N–H and O–H groups in total. The molecule has 0 aliphatic rings. The number of rotatable bonds is 1. The van der Waals surface area contributed by atoms with Gasteiger partial charge in [0.25, 0.3) is 0 Å². The number of hydrogen-bond acceptors (Lipinski definition) is 2. The minimum atomic E-state index is 0.561. The Labute approximate surface area is 74.6 Å². The molecule has 0 saturated heterocycles. The fourth-order valence-corrected chi connectivity index (χ4v) is 1.01. The predicted molar refractivity (Wildman–Crippen MR) is 54.8 cm³/mol. The van der Waals surface area contributed by atoms with Crippen molar-refractivity contribution in [2.75, 3.05) is 5.73 Å². The van der Waals surface area contributed by atoms with Crippen LogP contribution in [0.1, 0.15) is 25.0 Å². The van der Waals surface area contributed by atoms with Crippen LogP contribution in [0.15, 0.2) is 18.2 Å². The molecule has 0 unspecified atom stereocenters. The Kier molecular flexibility index (Phi) is 5.13. The molecule has 1 rings (SSSR count). The standard InChI is InChI=1S/C8H12N2.C2H6/c1-6-2-7(5-9)4-8(10)3-6;1-2/h2-4H,5,9-10H2,1H3;1-2H3. The van der Waals surface area contributed by atoms with Crippen LogP contribution in [-0.4, -0.2) is 0 Å². The summed E-state index contributed by atoms with van der Waals surface area (Å²) in [6.07, 6.45) is 0. The number of aryl methyl sites for hydroxylation is 1. The molecule has 0 heterocycles. The number of anilines is 1. The second kappa shape index (κ2) is 5.61. The topological polar surface area (TPSA) is 52.0 Å². The van der Waals surface area contributed by atoms with E-state index >= 15 is 0 Å². The van der Waals surface area contributed by atoms with Crippen molar-refractivity contribution >= 4 is 5.69 Å². The van der Waals surface area contributed by atoms with Crippen molar-refractivity contribution in [1.29, 1.82) is 0 Å². The molecule has 1 aromatic rings. The molecule has 1 aromatic carbocycles. The molecule has 0 aliphatic carbocycles. The van der Waals surface area contributed by atoms with Crippen LogP contribution in [0.3, 0.4) is 0 Å². The monoisotopic (exact) mass is 166 g/mol. The first kappa shape index (κ1) is 11.0. The second-order valence-electron chi connectivity index (χ2n) is 2.46. The lowest BCUT2D eigenvalue weighted by Crippen LogP contribution is -1.98. The van der Waals surface area contributed by atoms with Crippen molar-refractivity contribution in [2.45, 2.75) is 27.3 Å². The van der Waals surface area contributed by atoms with E-state index < -0.39 is 0 Å². The SMILES string of the molecule is CC.Cc1cc(N)cc(CN)c1. The summed E-state index contributed by atoms with van der Waals surface area (Å²) >= 11 is 0. The number of hydrogen-bond donors (Lipinski definition) is 2. The Morgan fingerprint density at radius 2 is 1.75 bits per heavy atom. The van der Waals surface area contributed by atoms with Crippen molar-refractivity contribution in [2.24, 2.45) is 5.73 Å². The normalized spacial score (nSPS) is 8.67. The van der Waals surface area contributed by atoms with Gasteiger partial charge in [0.05, 0.1) is 0 Å². The lowest BCUT2D eigenvalue weighted by atomic mass is 10.1. The molecule has 2 nitrogen and oxygen atoms in total. The van der Waals surface area contributed by atoms with Gasteiger partial charge in [-0.3, -0.25) is 0 Å². The van der Waals surface area contributed by atoms with E-state index in [1.807, 2.05) is 39.0 Å². The maximum absolute atomic E-state index is 5.58. The average molecular weight is 166 g/mol. The van der Waals surface area contributed by atoms with E-state index in [2.05, 4.69) is 0 Å². The third kappa shape index (κ3) is 3.39. The fourth-order valence-electron chi connectivity index (χ4n) is 1.01. The highest BCUT2D eigenvalue weighted by Crippen LogP contribution is 2.09. The van der Waals surface area contributed by atoms with E-state index in [0.717, 1.165) is 11.3 Å². The Morgan fingerprint density at radius 1 is 1.17 bits per heavy atom. The smallest absolute Gasteiger partial charge is 0.0319 e. The molecule has 2 heteroatoms. The molecular weight excluding hydrogens is 148 g/mol. The van der Waals surface area contributed by atoms with Crippen LogP contribution >= 0.6 is 0 Å². The van der Waals surface area contributed by atoms with Gasteiger partial charge in [-0.05, 0) is 30.2 Å². The highest BCUT2D eigenvalue weighted by Gasteiger charge is 1.91. The van der Waals surface area contributed by atoms with Gasteiger partial charge in [-0.1, -0.05) is 19.9 Å². The van der Waals surface area contributed by atoms with Gasteiger partial charge in [0.15, 0.2) is 0 Å². The van der Waals surface area contributed by atoms with Crippen LogP contribution in [0.2, 0.25) is 0 Å². The van der Waals surface area contributed by atoms with Crippen molar-refractivity contribution in [3.63, 3.8) is 0 Å². The molecule has 0 aliphatic heterocycles. The van der Waals surface area contributed by atoms with Crippen LogP contribution in [0.5, 0.6) is 0 Å². The van der Waals surface area contributed by atoms with Crippen LogP contribution in [0.25, 0.3) is 0 Å². The second-order valence-corrected chi connectivity index (χ2v) is 2.46. The van der Waals surface area contributed by atoms with Gasteiger partial charge < -0.3 is 11.5 Å². The summed E-state index contributed by atoms with van der Waals surface area (Å²) < 4.78 is 0. The van der Waals surface area contributed by atoms with Gasteiger partial charge in [0, 0.05) is 12.2 Å². The van der Waals surface area contributed by atoms with Crippen LogP contribution < -0.4 is 11.5 Å². The zero-order valence-electron chi connectivity index (χ0n) is 8.09. The third-order valence-electron chi connectivity index (χ3n) is 1.40. The van der Waals surface area contributed by atoms with Crippen molar-refractivity contribution < 1.29 is 0 Å². The van der Waals surface area contributed by atoms with Gasteiger partial charge in [-0.15, -0.1) is 0 Å². The lowest BCUT2D eigenvalue weighted by Gasteiger charge is -2.00. The van der Waals surface area contributed by atoms with Gasteiger partial charge in [-0.2, -0.15) is 0 Å². The molecule has 0 spiro atoms. The molecule has 68 valence electrons. The largest absolute Gasteiger partial charge is 0.399 e. The fraction of sp³-hybridized carbons (Fsp3) is 0.400. The first-order chi connectivity index (χ1) is 5.72. The van der Waals surface area contributed by atoms with Gasteiger partial charge in [0.1, 0.15) is 0 Å². The van der Waals surface area contributed by atoms with E-state index in [4.69, 9.17) is 11.5 Å². The summed E-state index contributed by atoms with van der Waals surface area (Å²) in [6.45, 7) is 6.57. The zero-order valence-corrected chi connectivity index (χ0v) is 8.09. The third-order valence-corrected chi connectivity index (χ3v) is 1.40. The molecule has 0 atom stereocenters.